The fourth-order valence-corrected chi connectivity index (χ4v) is 3.53. The maximum atomic E-state index is 11.8. The van der Waals surface area contributed by atoms with Gasteiger partial charge in [0.2, 0.25) is 0 Å². The van der Waals surface area contributed by atoms with E-state index >= 15 is 0 Å². The summed E-state index contributed by atoms with van der Waals surface area (Å²) in [6.45, 7) is 7.63. The van der Waals surface area contributed by atoms with Gasteiger partial charge >= 0.3 is 0 Å². The molecule has 1 fully saturated rings. The molecule has 2 aromatic rings. The van der Waals surface area contributed by atoms with Crippen LogP contribution in [-0.2, 0) is 4.79 Å². The van der Waals surface area contributed by atoms with Gasteiger partial charge in [-0.15, -0.1) is 0 Å². The summed E-state index contributed by atoms with van der Waals surface area (Å²) in [5, 5.41) is 10.1. The van der Waals surface area contributed by atoms with Crippen LogP contribution in [0.15, 0.2) is 41.3 Å². The molecule has 0 aliphatic carbocycles. The summed E-state index contributed by atoms with van der Waals surface area (Å²) in [5.41, 5.74) is 3.28. The molecule has 1 heterocycles. The van der Waals surface area contributed by atoms with E-state index in [1.54, 1.807) is 6.08 Å². The highest BCUT2D eigenvalue weighted by molar-refractivity contribution is 8.18. The lowest BCUT2D eigenvalue weighted by atomic mass is 10.1. The Bertz CT molecular complexity index is 972. The summed E-state index contributed by atoms with van der Waals surface area (Å²) < 4.78 is 17.4. The molecule has 3 rings (SSSR count). The number of ether oxygens (including phenoxy) is 3. The summed E-state index contributed by atoms with van der Waals surface area (Å²) in [7, 11) is 0. The van der Waals surface area contributed by atoms with Crippen molar-refractivity contribution in [3.63, 3.8) is 0 Å². The standard InChI is InChI=1S/C23H26N2O4S/c1-4-27-20-13-17(14-21-22(26)25-23(24)30-21)7-9-19(20)29-11-5-10-28-18-8-6-15(2)16(3)12-18/h6-9,12-14H,4-5,10-11H2,1-3H3,(H2,24,25,26). The number of hydrogen-bond donors (Lipinski definition) is 2. The van der Waals surface area contributed by atoms with Crippen LogP contribution in [0.3, 0.4) is 0 Å². The van der Waals surface area contributed by atoms with Crippen molar-refractivity contribution in [2.75, 3.05) is 19.8 Å². The molecular weight excluding hydrogens is 400 g/mol. The van der Waals surface area contributed by atoms with Gasteiger partial charge in [0.05, 0.1) is 24.7 Å². The molecule has 2 aromatic carbocycles. The molecule has 1 amide bonds. The number of benzene rings is 2. The van der Waals surface area contributed by atoms with Gasteiger partial charge in [-0.25, -0.2) is 0 Å². The molecule has 0 bridgehead atoms. The van der Waals surface area contributed by atoms with Crippen LogP contribution < -0.4 is 19.5 Å². The smallest absolute Gasteiger partial charge is 0.264 e. The first kappa shape index (κ1) is 21.8. The van der Waals surface area contributed by atoms with E-state index < -0.39 is 0 Å². The second kappa shape index (κ2) is 10.2. The molecular formula is C23H26N2O4S. The summed E-state index contributed by atoms with van der Waals surface area (Å²) in [6.07, 6.45) is 2.48. The van der Waals surface area contributed by atoms with Crippen LogP contribution in [0.4, 0.5) is 0 Å². The summed E-state index contributed by atoms with van der Waals surface area (Å²) in [4.78, 5) is 12.3. The number of carbonyl (C=O) groups excluding carboxylic acids is 1. The van der Waals surface area contributed by atoms with Crippen molar-refractivity contribution in [1.82, 2.24) is 5.32 Å². The monoisotopic (exact) mass is 426 g/mol. The minimum Gasteiger partial charge on any atom is -0.493 e. The van der Waals surface area contributed by atoms with Crippen molar-refractivity contribution in [2.24, 2.45) is 0 Å². The Morgan fingerprint density at radius 1 is 1.00 bits per heavy atom. The first-order chi connectivity index (χ1) is 14.5. The molecule has 0 atom stereocenters. The van der Waals surface area contributed by atoms with Crippen molar-refractivity contribution in [3.8, 4) is 17.2 Å². The lowest BCUT2D eigenvalue weighted by Gasteiger charge is -2.13. The minimum atomic E-state index is -0.257. The van der Waals surface area contributed by atoms with Crippen LogP contribution in [0.1, 0.15) is 30.0 Å². The van der Waals surface area contributed by atoms with Crippen LogP contribution in [0.25, 0.3) is 6.08 Å². The molecule has 1 aliphatic heterocycles. The molecule has 0 unspecified atom stereocenters. The van der Waals surface area contributed by atoms with Crippen LogP contribution >= 0.6 is 11.8 Å². The second-order valence-corrected chi connectivity index (χ2v) is 7.88. The number of carbonyl (C=O) groups is 1. The molecule has 158 valence electrons. The summed E-state index contributed by atoms with van der Waals surface area (Å²) >= 11 is 1.11. The largest absolute Gasteiger partial charge is 0.493 e. The van der Waals surface area contributed by atoms with E-state index in [2.05, 4.69) is 25.2 Å². The van der Waals surface area contributed by atoms with E-state index in [4.69, 9.17) is 19.6 Å². The Labute approximate surface area is 181 Å². The molecule has 6 nitrogen and oxygen atoms in total. The average molecular weight is 427 g/mol. The molecule has 1 aliphatic rings. The van der Waals surface area contributed by atoms with Gasteiger partial charge < -0.3 is 19.5 Å². The van der Waals surface area contributed by atoms with Gasteiger partial charge in [0.15, 0.2) is 16.7 Å². The fraction of sp³-hybridized carbons (Fsp3) is 0.304. The quantitative estimate of drug-likeness (QED) is 0.449. The number of hydrogen-bond acceptors (Lipinski definition) is 6. The highest BCUT2D eigenvalue weighted by atomic mass is 32.2. The van der Waals surface area contributed by atoms with Crippen LogP contribution in [0.2, 0.25) is 0 Å². The zero-order valence-electron chi connectivity index (χ0n) is 17.4. The summed E-state index contributed by atoms with van der Waals surface area (Å²) in [5.74, 6) is 1.89. The number of amidine groups is 1. The Kier molecular flexibility index (Phi) is 7.41. The highest BCUT2D eigenvalue weighted by Crippen LogP contribution is 2.31. The maximum absolute atomic E-state index is 11.8. The van der Waals surface area contributed by atoms with Gasteiger partial charge in [0.25, 0.3) is 5.91 Å². The van der Waals surface area contributed by atoms with E-state index in [1.807, 2.05) is 37.3 Å². The van der Waals surface area contributed by atoms with Crippen LogP contribution in [0, 0.1) is 19.3 Å². The molecule has 0 radical (unpaired) electrons. The predicted molar refractivity (Wildman–Crippen MR) is 121 cm³/mol. The number of aryl methyl sites for hydroxylation is 2. The van der Waals surface area contributed by atoms with Crippen molar-refractivity contribution in [3.05, 3.63) is 58.0 Å². The van der Waals surface area contributed by atoms with Gasteiger partial charge in [0, 0.05) is 6.42 Å². The third kappa shape index (κ3) is 5.79. The molecule has 30 heavy (non-hydrogen) atoms. The number of rotatable bonds is 9. The number of amides is 1. The molecule has 0 spiro atoms. The van der Waals surface area contributed by atoms with Gasteiger partial charge in [-0.05, 0) is 79.6 Å². The SMILES string of the molecule is CCOc1cc(C=C2SC(=N)NC2=O)ccc1OCCCOc1ccc(C)c(C)c1. The Hall–Kier alpha value is -2.93. The lowest BCUT2D eigenvalue weighted by Crippen LogP contribution is -2.18. The molecule has 0 aromatic heterocycles. The normalized spacial score (nSPS) is 14.7. The zero-order chi connectivity index (χ0) is 21.5. The van der Waals surface area contributed by atoms with Crippen molar-refractivity contribution in [1.29, 1.82) is 5.41 Å². The Morgan fingerprint density at radius 2 is 1.80 bits per heavy atom. The number of nitrogens with one attached hydrogen (secondary N) is 2. The lowest BCUT2D eigenvalue weighted by molar-refractivity contribution is -0.115. The van der Waals surface area contributed by atoms with E-state index in [0.717, 1.165) is 29.5 Å². The van der Waals surface area contributed by atoms with Gasteiger partial charge in [0.1, 0.15) is 5.75 Å². The maximum Gasteiger partial charge on any atom is 0.264 e. The fourth-order valence-electron chi connectivity index (χ4n) is 2.83. The second-order valence-electron chi connectivity index (χ2n) is 6.83. The highest BCUT2D eigenvalue weighted by Gasteiger charge is 2.22. The van der Waals surface area contributed by atoms with Crippen molar-refractivity contribution in [2.45, 2.75) is 27.2 Å². The average Bonchev–Trinajstić information content (AvgIpc) is 3.02. The molecule has 2 N–H and O–H groups in total. The van der Waals surface area contributed by atoms with Crippen LogP contribution in [-0.4, -0.2) is 30.9 Å². The van der Waals surface area contributed by atoms with Crippen LogP contribution in [0.5, 0.6) is 17.2 Å². The molecule has 1 saturated heterocycles. The van der Waals surface area contributed by atoms with Gasteiger partial charge in [-0.1, -0.05) is 12.1 Å². The van der Waals surface area contributed by atoms with E-state index in [1.165, 1.54) is 11.1 Å². The van der Waals surface area contributed by atoms with E-state index in [0.29, 0.717) is 36.2 Å². The van der Waals surface area contributed by atoms with E-state index in [-0.39, 0.29) is 11.1 Å². The third-order valence-corrected chi connectivity index (χ3v) is 5.35. The first-order valence-corrected chi connectivity index (χ1v) is 10.7. The Balaban J connectivity index is 1.56. The Morgan fingerprint density at radius 3 is 2.50 bits per heavy atom. The minimum absolute atomic E-state index is 0.138. The third-order valence-electron chi connectivity index (χ3n) is 4.52. The number of thioether (sulfide) groups is 1. The van der Waals surface area contributed by atoms with Crippen molar-refractivity contribution >= 4 is 28.9 Å². The topological polar surface area (TPSA) is 80.6 Å². The predicted octanol–water partition coefficient (Wildman–Crippen LogP) is 4.69. The van der Waals surface area contributed by atoms with Crippen molar-refractivity contribution < 1.29 is 19.0 Å². The van der Waals surface area contributed by atoms with Gasteiger partial charge in [-0.2, -0.15) is 0 Å². The first-order valence-electron chi connectivity index (χ1n) is 9.85. The molecule has 0 saturated carbocycles. The van der Waals surface area contributed by atoms with E-state index in [9.17, 15) is 4.79 Å². The molecule has 7 heteroatoms. The summed E-state index contributed by atoms with van der Waals surface area (Å²) in [6, 6.07) is 11.6. The zero-order valence-corrected chi connectivity index (χ0v) is 18.2. The van der Waals surface area contributed by atoms with Gasteiger partial charge in [-0.3, -0.25) is 10.2 Å².